The first kappa shape index (κ1) is 17.2. The highest BCUT2D eigenvalue weighted by Crippen LogP contribution is 2.32. The summed E-state index contributed by atoms with van der Waals surface area (Å²) in [4.78, 5) is 24.6. The van der Waals surface area contributed by atoms with Crippen molar-refractivity contribution >= 4 is 11.9 Å². The van der Waals surface area contributed by atoms with E-state index in [0.29, 0.717) is 30.0 Å². The number of hydrogen-bond donors (Lipinski definition) is 2. The topological polar surface area (TPSA) is 84.2 Å². The summed E-state index contributed by atoms with van der Waals surface area (Å²) in [5.41, 5.74) is 0.778. The van der Waals surface area contributed by atoms with Crippen molar-refractivity contribution in [3.8, 4) is 5.69 Å². The van der Waals surface area contributed by atoms with Crippen molar-refractivity contribution < 1.29 is 14.7 Å². The summed E-state index contributed by atoms with van der Waals surface area (Å²) in [6.45, 7) is 3.92. The van der Waals surface area contributed by atoms with Gasteiger partial charge in [0.15, 0.2) is 0 Å². The molecule has 1 heterocycles. The van der Waals surface area contributed by atoms with E-state index in [0.717, 1.165) is 18.5 Å². The summed E-state index contributed by atoms with van der Waals surface area (Å²) in [5, 5.41) is 16.8. The third-order valence-corrected chi connectivity index (χ3v) is 5.15. The summed E-state index contributed by atoms with van der Waals surface area (Å²) in [6, 6.07) is 9.53. The highest BCUT2D eigenvalue weighted by molar-refractivity contribution is 5.98. The summed E-state index contributed by atoms with van der Waals surface area (Å²) in [5.74, 6) is -0.843. The number of carboxylic acid groups (broad SMARTS) is 1. The second kappa shape index (κ2) is 6.70. The van der Waals surface area contributed by atoms with Gasteiger partial charge in [-0.3, -0.25) is 4.79 Å². The normalized spacial score (nSPS) is 23.2. The highest BCUT2D eigenvalue weighted by Gasteiger charge is 2.43. The summed E-state index contributed by atoms with van der Waals surface area (Å²) >= 11 is 0. The van der Waals surface area contributed by atoms with E-state index < -0.39 is 11.5 Å². The molecule has 0 saturated heterocycles. The van der Waals surface area contributed by atoms with Gasteiger partial charge in [-0.1, -0.05) is 25.1 Å². The number of para-hydroxylation sites is 1. The van der Waals surface area contributed by atoms with Gasteiger partial charge in [0.2, 0.25) is 0 Å². The fourth-order valence-corrected chi connectivity index (χ4v) is 3.39. The van der Waals surface area contributed by atoms with Gasteiger partial charge in [-0.2, -0.15) is 5.10 Å². The second-order valence-corrected chi connectivity index (χ2v) is 6.91. The number of nitrogens with zero attached hydrogens (tertiary/aromatic N) is 2. The predicted octanol–water partition coefficient (Wildman–Crippen LogP) is 2.94. The molecule has 0 radical (unpaired) electrons. The van der Waals surface area contributed by atoms with Gasteiger partial charge in [-0.05, 0) is 50.7 Å². The van der Waals surface area contributed by atoms with E-state index in [1.165, 1.54) is 6.20 Å². The Balaban J connectivity index is 1.84. The fraction of sp³-hybridized carbons (Fsp3) is 0.421. The SMILES string of the molecule is Cc1c(C(=O)NC2(C(=O)O)CCC(C)CC2)cnn1-c1ccccc1. The number of aliphatic carboxylic acids is 1. The molecule has 132 valence electrons. The molecule has 25 heavy (non-hydrogen) atoms. The summed E-state index contributed by atoms with van der Waals surface area (Å²) < 4.78 is 1.69. The van der Waals surface area contributed by atoms with E-state index in [2.05, 4.69) is 17.3 Å². The Hall–Kier alpha value is -2.63. The largest absolute Gasteiger partial charge is 0.480 e. The van der Waals surface area contributed by atoms with Gasteiger partial charge < -0.3 is 10.4 Å². The van der Waals surface area contributed by atoms with Crippen molar-refractivity contribution in [2.24, 2.45) is 5.92 Å². The third kappa shape index (κ3) is 3.29. The van der Waals surface area contributed by atoms with Crippen LogP contribution in [-0.4, -0.2) is 32.3 Å². The van der Waals surface area contributed by atoms with E-state index in [1.54, 1.807) is 4.68 Å². The number of hydrogen-bond acceptors (Lipinski definition) is 3. The third-order valence-electron chi connectivity index (χ3n) is 5.15. The van der Waals surface area contributed by atoms with Gasteiger partial charge in [0.1, 0.15) is 5.54 Å². The molecule has 0 unspecified atom stereocenters. The first-order chi connectivity index (χ1) is 11.9. The number of amides is 1. The van der Waals surface area contributed by atoms with Crippen LogP contribution in [-0.2, 0) is 4.79 Å². The van der Waals surface area contributed by atoms with Crippen LogP contribution in [0.15, 0.2) is 36.5 Å². The number of carbonyl (C=O) groups is 2. The molecule has 0 spiro atoms. The van der Waals surface area contributed by atoms with Crippen LogP contribution in [0, 0.1) is 12.8 Å². The Labute approximate surface area is 146 Å². The zero-order valence-electron chi connectivity index (χ0n) is 14.5. The molecule has 2 aromatic rings. The zero-order chi connectivity index (χ0) is 18.0. The first-order valence-corrected chi connectivity index (χ1v) is 8.59. The van der Waals surface area contributed by atoms with E-state index in [-0.39, 0.29) is 5.91 Å². The maximum absolute atomic E-state index is 12.7. The molecule has 0 atom stereocenters. The van der Waals surface area contributed by atoms with Gasteiger partial charge in [-0.15, -0.1) is 0 Å². The standard InChI is InChI=1S/C19H23N3O3/c1-13-8-10-19(11-9-13,18(24)25)21-17(23)16-12-20-22(14(16)2)15-6-4-3-5-7-15/h3-7,12-13H,8-11H2,1-2H3,(H,21,23)(H,24,25). The zero-order valence-corrected chi connectivity index (χ0v) is 14.5. The van der Waals surface area contributed by atoms with Gasteiger partial charge in [-0.25, -0.2) is 9.48 Å². The monoisotopic (exact) mass is 341 g/mol. The average molecular weight is 341 g/mol. The van der Waals surface area contributed by atoms with Crippen LogP contribution in [0.2, 0.25) is 0 Å². The molecule has 1 fully saturated rings. The Morgan fingerprint density at radius 3 is 2.48 bits per heavy atom. The molecule has 1 aliphatic rings. The van der Waals surface area contributed by atoms with Crippen LogP contribution in [0.3, 0.4) is 0 Å². The van der Waals surface area contributed by atoms with Crippen LogP contribution >= 0.6 is 0 Å². The lowest BCUT2D eigenvalue weighted by Crippen LogP contribution is -2.56. The number of benzene rings is 1. The van der Waals surface area contributed by atoms with Gasteiger partial charge in [0, 0.05) is 0 Å². The molecule has 1 aromatic carbocycles. The van der Waals surface area contributed by atoms with Gasteiger partial charge in [0.25, 0.3) is 5.91 Å². The number of carbonyl (C=O) groups excluding carboxylic acids is 1. The lowest BCUT2D eigenvalue weighted by atomic mass is 9.77. The van der Waals surface area contributed by atoms with Crippen molar-refractivity contribution in [3.05, 3.63) is 47.8 Å². The number of rotatable bonds is 4. The van der Waals surface area contributed by atoms with Crippen molar-refractivity contribution in [2.45, 2.75) is 45.1 Å². The maximum Gasteiger partial charge on any atom is 0.329 e. The molecule has 2 N–H and O–H groups in total. The quantitative estimate of drug-likeness (QED) is 0.895. The Morgan fingerprint density at radius 2 is 1.88 bits per heavy atom. The molecule has 6 nitrogen and oxygen atoms in total. The van der Waals surface area contributed by atoms with E-state index in [9.17, 15) is 14.7 Å². The maximum atomic E-state index is 12.7. The van der Waals surface area contributed by atoms with Crippen LogP contribution in [0.1, 0.15) is 48.7 Å². The van der Waals surface area contributed by atoms with Gasteiger partial charge in [0.05, 0.1) is 23.1 Å². The van der Waals surface area contributed by atoms with E-state index in [1.807, 2.05) is 37.3 Å². The van der Waals surface area contributed by atoms with Crippen molar-refractivity contribution in [1.29, 1.82) is 0 Å². The van der Waals surface area contributed by atoms with Gasteiger partial charge >= 0.3 is 5.97 Å². The average Bonchev–Trinajstić information content (AvgIpc) is 2.99. The first-order valence-electron chi connectivity index (χ1n) is 8.59. The number of nitrogens with one attached hydrogen (secondary N) is 1. The van der Waals surface area contributed by atoms with Crippen molar-refractivity contribution in [2.75, 3.05) is 0 Å². The lowest BCUT2D eigenvalue weighted by molar-refractivity contribution is -0.146. The highest BCUT2D eigenvalue weighted by atomic mass is 16.4. The number of aromatic nitrogens is 2. The van der Waals surface area contributed by atoms with Crippen molar-refractivity contribution in [3.63, 3.8) is 0 Å². The Kier molecular flexibility index (Phi) is 4.61. The smallest absolute Gasteiger partial charge is 0.329 e. The predicted molar refractivity (Wildman–Crippen MR) is 93.8 cm³/mol. The van der Waals surface area contributed by atoms with Crippen LogP contribution < -0.4 is 5.32 Å². The van der Waals surface area contributed by atoms with E-state index >= 15 is 0 Å². The second-order valence-electron chi connectivity index (χ2n) is 6.91. The summed E-state index contributed by atoms with van der Waals surface area (Å²) in [7, 11) is 0. The molecular weight excluding hydrogens is 318 g/mol. The molecule has 1 saturated carbocycles. The Bertz CT molecular complexity index is 774. The molecule has 1 aliphatic carbocycles. The lowest BCUT2D eigenvalue weighted by Gasteiger charge is -2.36. The molecule has 3 rings (SSSR count). The molecule has 0 aliphatic heterocycles. The minimum atomic E-state index is -1.18. The van der Waals surface area contributed by atoms with Crippen LogP contribution in [0.4, 0.5) is 0 Å². The minimum absolute atomic E-state index is 0.378. The Morgan fingerprint density at radius 1 is 1.24 bits per heavy atom. The molecule has 6 heteroatoms. The molecular formula is C19H23N3O3. The number of carboxylic acids is 1. The molecule has 1 aromatic heterocycles. The van der Waals surface area contributed by atoms with Crippen molar-refractivity contribution in [1.82, 2.24) is 15.1 Å². The molecule has 1 amide bonds. The van der Waals surface area contributed by atoms with Crippen LogP contribution in [0.5, 0.6) is 0 Å². The summed E-state index contributed by atoms with van der Waals surface area (Å²) in [6.07, 6.45) is 4.02. The minimum Gasteiger partial charge on any atom is -0.480 e. The molecule has 0 bridgehead atoms. The van der Waals surface area contributed by atoms with Crippen LogP contribution in [0.25, 0.3) is 5.69 Å². The fourth-order valence-electron chi connectivity index (χ4n) is 3.39. The van der Waals surface area contributed by atoms with E-state index in [4.69, 9.17) is 0 Å².